The summed E-state index contributed by atoms with van der Waals surface area (Å²) in [5.41, 5.74) is 7.38. The molecule has 0 unspecified atom stereocenters. The van der Waals surface area contributed by atoms with Gasteiger partial charge in [-0.25, -0.2) is 4.79 Å². The van der Waals surface area contributed by atoms with Crippen LogP contribution in [0.5, 0.6) is 0 Å². The number of methoxy groups -OCH3 is 1. The molecule has 1 aliphatic heterocycles. The van der Waals surface area contributed by atoms with E-state index < -0.39 is 0 Å². The smallest absolute Gasteiger partial charge is 0.337 e. The molecule has 6 nitrogen and oxygen atoms in total. The number of aryl methyl sites for hydroxylation is 2. The minimum atomic E-state index is -0.366. The number of hydrogen-bond acceptors (Lipinski definition) is 5. The van der Waals surface area contributed by atoms with Crippen molar-refractivity contribution < 1.29 is 9.53 Å². The first-order chi connectivity index (χ1) is 14.2. The van der Waals surface area contributed by atoms with Crippen LogP contribution >= 0.6 is 0 Å². The van der Waals surface area contributed by atoms with Crippen molar-refractivity contribution in [3.05, 3.63) is 65.6 Å². The molecule has 0 saturated heterocycles. The van der Waals surface area contributed by atoms with E-state index >= 15 is 0 Å². The number of carbonyl (C=O) groups excluding carboxylic acids is 1. The van der Waals surface area contributed by atoms with E-state index in [2.05, 4.69) is 9.67 Å². The maximum absolute atomic E-state index is 11.9. The van der Waals surface area contributed by atoms with E-state index in [-0.39, 0.29) is 5.97 Å². The lowest BCUT2D eigenvalue weighted by atomic mass is 9.96. The van der Waals surface area contributed by atoms with Crippen LogP contribution in [0.1, 0.15) is 28.2 Å². The van der Waals surface area contributed by atoms with E-state index in [4.69, 9.17) is 14.8 Å². The van der Waals surface area contributed by atoms with E-state index in [1.165, 1.54) is 12.8 Å². The third kappa shape index (κ3) is 2.88. The van der Waals surface area contributed by atoms with Gasteiger partial charge in [0, 0.05) is 35.1 Å². The van der Waals surface area contributed by atoms with Crippen molar-refractivity contribution in [3.8, 4) is 22.5 Å². The highest BCUT2D eigenvalue weighted by Gasteiger charge is 2.25. The summed E-state index contributed by atoms with van der Waals surface area (Å²) < 4.78 is 6.95. The van der Waals surface area contributed by atoms with Crippen molar-refractivity contribution in [3.63, 3.8) is 0 Å². The maximum atomic E-state index is 11.9. The number of carbonyl (C=O) groups is 1. The van der Waals surface area contributed by atoms with Gasteiger partial charge in [0.2, 0.25) is 0 Å². The van der Waals surface area contributed by atoms with Crippen LogP contribution in [0.2, 0.25) is 0 Å². The molecular weight excluding hydrogens is 364 g/mol. The summed E-state index contributed by atoms with van der Waals surface area (Å²) >= 11 is 0. The SMILES string of the molecule is COC(=O)c1ccc2c(-c3c(-c4cccc(C)n4)nn4c3CCC4)ccnc2c1. The van der Waals surface area contributed by atoms with Crippen LogP contribution in [-0.4, -0.2) is 32.8 Å². The maximum Gasteiger partial charge on any atom is 0.337 e. The number of aromatic nitrogens is 4. The van der Waals surface area contributed by atoms with Crippen molar-refractivity contribution in [2.45, 2.75) is 26.3 Å². The summed E-state index contributed by atoms with van der Waals surface area (Å²) in [5, 5.41) is 5.89. The molecule has 6 heteroatoms. The van der Waals surface area contributed by atoms with Crippen LogP contribution in [0, 0.1) is 6.92 Å². The third-order valence-corrected chi connectivity index (χ3v) is 5.41. The molecular formula is C23H20N4O2. The highest BCUT2D eigenvalue weighted by atomic mass is 16.5. The zero-order valence-electron chi connectivity index (χ0n) is 16.3. The van der Waals surface area contributed by atoms with Gasteiger partial charge in [-0.15, -0.1) is 0 Å². The van der Waals surface area contributed by atoms with E-state index in [0.29, 0.717) is 5.56 Å². The van der Waals surface area contributed by atoms with E-state index in [0.717, 1.165) is 58.5 Å². The number of pyridine rings is 2. The minimum absolute atomic E-state index is 0.366. The Balaban J connectivity index is 1.76. The van der Waals surface area contributed by atoms with E-state index in [9.17, 15) is 4.79 Å². The van der Waals surface area contributed by atoms with Crippen molar-refractivity contribution in [1.29, 1.82) is 0 Å². The monoisotopic (exact) mass is 384 g/mol. The van der Waals surface area contributed by atoms with Crippen molar-refractivity contribution in [2.75, 3.05) is 7.11 Å². The van der Waals surface area contributed by atoms with Crippen LogP contribution in [0.3, 0.4) is 0 Å². The van der Waals surface area contributed by atoms with E-state index in [1.807, 2.05) is 37.3 Å². The number of nitrogens with zero attached hydrogens (tertiary/aromatic N) is 4. The number of rotatable bonds is 3. The lowest BCUT2D eigenvalue weighted by Gasteiger charge is -2.10. The normalized spacial score (nSPS) is 12.9. The topological polar surface area (TPSA) is 69.9 Å². The van der Waals surface area contributed by atoms with Crippen molar-refractivity contribution in [1.82, 2.24) is 19.7 Å². The van der Waals surface area contributed by atoms with Gasteiger partial charge in [-0.1, -0.05) is 12.1 Å². The lowest BCUT2D eigenvalue weighted by Crippen LogP contribution is -2.01. The Kier molecular flexibility index (Phi) is 4.12. The van der Waals surface area contributed by atoms with Gasteiger partial charge in [-0.2, -0.15) is 5.10 Å². The average Bonchev–Trinajstić information content (AvgIpc) is 3.33. The predicted octanol–water partition coefficient (Wildman–Crippen LogP) is 4.20. The molecule has 0 atom stereocenters. The van der Waals surface area contributed by atoms with Crippen LogP contribution in [-0.2, 0) is 17.7 Å². The molecule has 1 aliphatic rings. The number of fused-ring (bicyclic) bond motifs is 2. The Bertz CT molecular complexity index is 1260. The molecule has 3 aromatic heterocycles. The number of benzene rings is 1. The van der Waals surface area contributed by atoms with Crippen LogP contribution in [0.4, 0.5) is 0 Å². The molecule has 144 valence electrons. The summed E-state index contributed by atoms with van der Waals surface area (Å²) in [5.74, 6) is -0.366. The van der Waals surface area contributed by atoms with Gasteiger partial charge < -0.3 is 4.74 Å². The molecule has 5 rings (SSSR count). The Morgan fingerprint density at radius 2 is 2.07 bits per heavy atom. The first-order valence-corrected chi connectivity index (χ1v) is 9.67. The lowest BCUT2D eigenvalue weighted by molar-refractivity contribution is 0.0601. The fraction of sp³-hybridized carbons (Fsp3) is 0.217. The summed E-state index contributed by atoms with van der Waals surface area (Å²) in [6.07, 6.45) is 3.86. The van der Waals surface area contributed by atoms with Crippen molar-refractivity contribution >= 4 is 16.9 Å². The molecule has 0 radical (unpaired) electrons. The van der Waals surface area contributed by atoms with Gasteiger partial charge >= 0.3 is 5.97 Å². The fourth-order valence-corrected chi connectivity index (χ4v) is 4.08. The van der Waals surface area contributed by atoms with Gasteiger partial charge in [0.05, 0.1) is 23.9 Å². The molecule has 0 N–H and O–H groups in total. The van der Waals surface area contributed by atoms with Gasteiger partial charge in [-0.05, 0) is 55.7 Å². The highest BCUT2D eigenvalue weighted by molar-refractivity contribution is 6.01. The Morgan fingerprint density at radius 3 is 2.90 bits per heavy atom. The first kappa shape index (κ1) is 17.6. The quantitative estimate of drug-likeness (QED) is 0.495. The average molecular weight is 384 g/mol. The Hall–Kier alpha value is -3.54. The zero-order valence-corrected chi connectivity index (χ0v) is 16.3. The highest BCUT2D eigenvalue weighted by Crippen LogP contribution is 2.39. The van der Waals surface area contributed by atoms with E-state index in [1.54, 1.807) is 18.3 Å². The summed E-state index contributed by atoms with van der Waals surface area (Å²) in [6, 6.07) is 13.5. The fourth-order valence-electron chi connectivity index (χ4n) is 4.08. The molecule has 0 amide bonds. The molecule has 0 spiro atoms. The summed E-state index contributed by atoms with van der Waals surface area (Å²) in [6.45, 7) is 2.91. The second-order valence-corrected chi connectivity index (χ2v) is 7.24. The second-order valence-electron chi connectivity index (χ2n) is 7.24. The predicted molar refractivity (Wildman–Crippen MR) is 111 cm³/mol. The van der Waals surface area contributed by atoms with Crippen LogP contribution < -0.4 is 0 Å². The molecule has 0 saturated carbocycles. The number of esters is 1. The zero-order chi connectivity index (χ0) is 20.0. The van der Waals surface area contributed by atoms with Gasteiger partial charge in [-0.3, -0.25) is 14.6 Å². The number of ether oxygens (including phenoxy) is 1. The van der Waals surface area contributed by atoms with Crippen molar-refractivity contribution in [2.24, 2.45) is 0 Å². The van der Waals surface area contributed by atoms with Crippen LogP contribution in [0.15, 0.2) is 48.7 Å². The first-order valence-electron chi connectivity index (χ1n) is 9.67. The minimum Gasteiger partial charge on any atom is -0.465 e. The summed E-state index contributed by atoms with van der Waals surface area (Å²) in [4.78, 5) is 21.1. The third-order valence-electron chi connectivity index (χ3n) is 5.41. The number of hydrogen-bond donors (Lipinski definition) is 0. The van der Waals surface area contributed by atoms with Gasteiger partial charge in [0.15, 0.2) is 0 Å². The Morgan fingerprint density at radius 1 is 1.17 bits per heavy atom. The standard InChI is InChI=1S/C23H20N4O2/c1-14-5-3-6-18(25-14)22-21(20-7-4-12-27(20)26-22)17-10-11-24-19-13-15(23(28)29-2)8-9-16(17)19/h3,5-6,8-11,13H,4,7,12H2,1-2H3. The molecule has 0 aliphatic carbocycles. The Labute approximate surface area is 168 Å². The molecule has 0 bridgehead atoms. The largest absolute Gasteiger partial charge is 0.465 e. The molecule has 29 heavy (non-hydrogen) atoms. The second kappa shape index (κ2) is 6.81. The summed E-state index contributed by atoms with van der Waals surface area (Å²) in [7, 11) is 1.38. The van der Waals surface area contributed by atoms with Crippen LogP contribution in [0.25, 0.3) is 33.4 Å². The molecule has 4 heterocycles. The van der Waals surface area contributed by atoms with Gasteiger partial charge in [0.25, 0.3) is 0 Å². The molecule has 1 aromatic carbocycles. The molecule has 4 aromatic rings. The molecule has 0 fully saturated rings. The van der Waals surface area contributed by atoms with Gasteiger partial charge in [0.1, 0.15) is 5.69 Å².